The van der Waals surface area contributed by atoms with Gasteiger partial charge < -0.3 is 12.4 Å². The Balaban J connectivity index is 0.000001000. The van der Waals surface area contributed by atoms with Gasteiger partial charge in [0.25, 0.3) is 0 Å². The molecule has 0 amide bonds. The lowest BCUT2D eigenvalue weighted by atomic mass is 10.5. The zero-order valence-corrected chi connectivity index (χ0v) is 7.12. The van der Waals surface area contributed by atoms with Gasteiger partial charge in [0.2, 0.25) is 6.33 Å². The molecule has 0 aliphatic carbocycles. The highest BCUT2D eigenvalue weighted by molar-refractivity contribution is 4.72. The van der Waals surface area contributed by atoms with Gasteiger partial charge in [-0.3, -0.25) is 0 Å². The van der Waals surface area contributed by atoms with Crippen LogP contribution in [0.25, 0.3) is 0 Å². The van der Waals surface area contributed by atoms with Crippen LogP contribution in [0.3, 0.4) is 0 Å². The molecule has 0 aliphatic heterocycles. The van der Waals surface area contributed by atoms with Crippen molar-refractivity contribution in [3.05, 3.63) is 18.7 Å². The van der Waals surface area contributed by atoms with Crippen molar-refractivity contribution < 1.29 is 17.0 Å². The molecule has 0 radical (unpaired) electrons. The van der Waals surface area contributed by atoms with E-state index in [2.05, 4.69) is 6.07 Å². The Bertz CT molecular complexity index is 248. The van der Waals surface area contributed by atoms with Crippen LogP contribution in [0.5, 0.6) is 0 Å². The van der Waals surface area contributed by atoms with Gasteiger partial charge in [0, 0.05) is 0 Å². The fourth-order valence-electron chi connectivity index (χ4n) is 0.813. The lowest BCUT2D eigenvalue weighted by Gasteiger charge is -1.85. The third-order valence-electron chi connectivity index (χ3n) is 1.31. The molecule has 3 nitrogen and oxygen atoms in total. The molecule has 4 heteroatoms. The maximum atomic E-state index is 8.26. The van der Waals surface area contributed by atoms with Crippen molar-refractivity contribution in [1.29, 1.82) is 5.26 Å². The quantitative estimate of drug-likeness (QED) is 0.444. The van der Waals surface area contributed by atoms with E-state index in [0.717, 1.165) is 6.54 Å². The molecule has 0 spiro atoms. The first kappa shape index (κ1) is 9.99. The minimum atomic E-state index is 0. The van der Waals surface area contributed by atoms with Crippen LogP contribution >= 0.6 is 0 Å². The third-order valence-corrected chi connectivity index (χ3v) is 1.31. The minimum Gasteiger partial charge on any atom is -1.00 e. The highest BCUT2D eigenvalue weighted by Crippen LogP contribution is 1.86. The van der Waals surface area contributed by atoms with E-state index < -0.39 is 0 Å². The summed E-state index contributed by atoms with van der Waals surface area (Å²) in [5.74, 6) is 0. The largest absolute Gasteiger partial charge is 1.00 e. The van der Waals surface area contributed by atoms with Gasteiger partial charge in [-0.2, -0.15) is 5.26 Å². The van der Waals surface area contributed by atoms with Gasteiger partial charge in [0.15, 0.2) is 0 Å². The van der Waals surface area contributed by atoms with Crippen molar-refractivity contribution in [1.82, 2.24) is 4.57 Å². The molecule has 11 heavy (non-hydrogen) atoms. The summed E-state index contributed by atoms with van der Waals surface area (Å²) in [6, 6.07) is 2.10. The highest BCUT2D eigenvalue weighted by Gasteiger charge is 1.96. The van der Waals surface area contributed by atoms with E-state index in [1.54, 1.807) is 0 Å². The molecule has 0 atom stereocenters. The lowest BCUT2D eigenvalue weighted by molar-refractivity contribution is -0.671. The summed E-state index contributed by atoms with van der Waals surface area (Å²) >= 11 is 0. The van der Waals surface area contributed by atoms with E-state index in [9.17, 15) is 0 Å². The first-order valence-corrected chi connectivity index (χ1v) is 3.21. The van der Waals surface area contributed by atoms with Crippen LogP contribution in [0.2, 0.25) is 0 Å². The van der Waals surface area contributed by atoms with Crippen LogP contribution in [0.15, 0.2) is 18.7 Å². The average Bonchev–Trinajstić information content (AvgIpc) is 2.31. The number of imidazole rings is 1. The lowest BCUT2D eigenvalue weighted by Crippen LogP contribution is -3.00. The Morgan fingerprint density at radius 2 is 2.36 bits per heavy atom. The summed E-state index contributed by atoms with van der Waals surface area (Å²) < 4.78 is 3.95. The van der Waals surface area contributed by atoms with Gasteiger partial charge >= 0.3 is 0 Å². The summed E-state index contributed by atoms with van der Waals surface area (Å²) in [6.45, 7) is 0.789. The molecule has 1 aromatic rings. The van der Waals surface area contributed by atoms with Crippen LogP contribution < -0.4 is 17.0 Å². The molecular weight excluding hydrogens is 162 g/mol. The van der Waals surface area contributed by atoms with Crippen molar-refractivity contribution in [2.75, 3.05) is 0 Å². The summed E-state index contributed by atoms with van der Waals surface area (Å²) in [4.78, 5) is 0. The van der Waals surface area contributed by atoms with Crippen molar-refractivity contribution >= 4 is 0 Å². The second-order valence-electron chi connectivity index (χ2n) is 2.23. The van der Waals surface area contributed by atoms with Crippen LogP contribution in [0, 0.1) is 11.3 Å². The van der Waals surface area contributed by atoms with Crippen LogP contribution in [0.4, 0.5) is 0 Å². The minimum absolute atomic E-state index is 0. The average molecular weight is 172 g/mol. The van der Waals surface area contributed by atoms with Crippen molar-refractivity contribution in [2.24, 2.45) is 7.05 Å². The van der Waals surface area contributed by atoms with Gasteiger partial charge in [0.05, 0.1) is 19.5 Å². The van der Waals surface area contributed by atoms with E-state index in [1.807, 2.05) is 34.9 Å². The van der Waals surface area contributed by atoms with E-state index in [0.29, 0.717) is 6.42 Å². The summed E-state index contributed by atoms with van der Waals surface area (Å²) in [5.41, 5.74) is 0. The number of aromatic nitrogens is 2. The Hall–Kier alpha value is -1.01. The van der Waals surface area contributed by atoms with Crippen LogP contribution in [-0.2, 0) is 13.6 Å². The molecular formula is C7H10ClN3. The monoisotopic (exact) mass is 171 g/mol. The molecule has 0 aliphatic rings. The first-order valence-electron chi connectivity index (χ1n) is 3.21. The number of hydrogen-bond donors (Lipinski definition) is 0. The number of aryl methyl sites for hydroxylation is 2. The Labute approximate surface area is 72.3 Å². The van der Waals surface area contributed by atoms with Crippen molar-refractivity contribution in [3.8, 4) is 6.07 Å². The van der Waals surface area contributed by atoms with Gasteiger partial charge in [-0.05, 0) is 0 Å². The fraction of sp³-hybridized carbons (Fsp3) is 0.429. The third kappa shape index (κ3) is 3.06. The van der Waals surface area contributed by atoms with Gasteiger partial charge in [-0.25, -0.2) is 9.13 Å². The number of rotatable bonds is 2. The van der Waals surface area contributed by atoms with Crippen molar-refractivity contribution in [2.45, 2.75) is 13.0 Å². The number of nitriles is 1. The molecule has 0 unspecified atom stereocenters. The molecule has 1 rings (SSSR count). The number of nitrogens with zero attached hydrogens (tertiary/aromatic N) is 3. The molecule has 1 heterocycles. The number of hydrogen-bond acceptors (Lipinski definition) is 1. The van der Waals surface area contributed by atoms with Crippen molar-refractivity contribution in [3.63, 3.8) is 0 Å². The molecule has 0 saturated heterocycles. The van der Waals surface area contributed by atoms with Gasteiger partial charge in [0.1, 0.15) is 18.9 Å². The Kier molecular flexibility index (Phi) is 4.32. The molecule has 0 N–H and O–H groups in total. The van der Waals surface area contributed by atoms with Gasteiger partial charge in [-0.15, -0.1) is 0 Å². The van der Waals surface area contributed by atoms with E-state index in [1.165, 1.54) is 0 Å². The topological polar surface area (TPSA) is 32.6 Å². The molecule has 0 bridgehead atoms. The SMILES string of the molecule is C[n+]1ccn(CCC#N)c1.[Cl-]. The zero-order chi connectivity index (χ0) is 7.40. The summed E-state index contributed by atoms with van der Waals surface area (Å²) in [7, 11) is 1.96. The fourth-order valence-corrected chi connectivity index (χ4v) is 0.813. The molecule has 1 aromatic heterocycles. The van der Waals surface area contributed by atoms with Gasteiger partial charge in [-0.1, -0.05) is 0 Å². The van der Waals surface area contributed by atoms with Crippen LogP contribution in [-0.4, -0.2) is 4.57 Å². The summed E-state index contributed by atoms with van der Waals surface area (Å²) in [6.07, 6.45) is 6.45. The molecule has 60 valence electrons. The second kappa shape index (κ2) is 4.75. The maximum absolute atomic E-state index is 8.26. The standard InChI is InChI=1S/C7H10N3.ClH/c1-9-5-6-10(7-9)4-2-3-8;/h5-7H,2,4H2,1H3;1H/q+1;/p-1. The van der Waals surface area contributed by atoms with E-state index >= 15 is 0 Å². The van der Waals surface area contributed by atoms with Crippen LogP contribution in [0.1, 0.15) is 6.42 Å². The molecule has 0 aromatic carbocycles. The normalized spacial score (nSPS) is 8.36. The second-order valence-corrected chi connectivity index (χ2v) is 2.23. The predicted octanol–water partition coefficient (Wildman–Crippen LogP) is -2.77. The Morgan fingerprint density at radius 1 is 1.64 bits per heavy atom. The van der Waals surface area contributed by atoms with E-state index in [4.69, 9.17) is 5.26 Å². The van der Waals surface area contributed by atoms with E-state index in [-0.39, 0.29) is 12.4 Å². The molecule has 0 fully saturated rings. The zero-order valence-electron chi connectivity index (χ0n) is 6.37. The Morgan fingerprint density at radius 3 is 2.82 bits per heavy atom. The number of halogens is 1. The first-order chi connectivity index (χ1) is 4.83. The smallest absolute Gasteiger partial charge is 0.243 e. The summed E-state index contributed by atoms with van der Waals surface area (Å²) in [5, 5.41) is 8.26. The predicted molar refractivity (Wildman–Crippen MR) is 35.8 cm³/mol. The molecule has 0 saturated carbocycles. The highest BCUT2D eigenvalue weighted by atomic mass is 35.5. The maximum Gasteiger partial charge on any atom is 0.243 e.